The van der Waals surface area contributed by atoms with E-state index in [-0.39, 0.29) is 27.8 Å². The molecule has 0 bridgehead atoms. The number of H-pyrrole nitrogens is 1. The predicted molar refractivity (Wildman–Crippen MR) is 134 cm³/mol. The molecule has 5 aromatic rings. The van der Waals surface area contributed by atoms with E-state index in [9.17, 15) is 10.1 Å². The molecule has 36 heavy (non-hydrogen) atoms. The van der Waals surface area contributed by atoms with Gasteiger partial charge in [-0.05, 0) is 17.7 Å². The molecule has 13 heteroatoms. The van der Waals surface area contributed by atoms with Crippen molar-refractivity contribution in [3.05, 3.63) is 47.1 Å². The van der Waals surface area contributed by atoms with Crippen LogP contribution in [0.25, 0.3) is 32.2 Å². The van der Waals surface area contributed by atoms with Crippen LogP contribution in [0.15, 0.2) is 41.2 Å². The van der Waals surface area contributed by atoms with Gasteiger partial charge in [0.2, 0.25) is 5.27 Å². The number of nitrogen functional groups attached to an aromatic ring is 2. The monoisotopic (exact) mass is 502 g/mol. The Kier molecular flexibility index (Phi) is 5.17. The number of hydrogen-bond acceptors (Lipinski definition) is 10. The highest BCUT2D eigenvalue weighted by molar-refractivity contribution is 7.21. The molecule has 6 rings (SSSR count). The maximum atomic E-state index is 13.2. The molecule has 12 nitrogen and oxygen atoms in total. The highest BCUT2D eigenvalue weighted by atomic mass is 32.1. The van der Waals surface area contributed by atoms with Crippen LogP contribution in [-0.4, -0.2) is 47.4 Å². The van der Waals surface area contributed by atoms with Gasteiger partial charge in [0.15, 0.2) is 0 Å². The second kappa shape index (κ2) is 8.52. The van der Waals surface area contributed by atoms with E-state index in [1.165, 1.54) is 4.79 Å². The van der Waals surface area contributed by atoms with Crippen molar-refractivity contribution < 1.29 is 18.8 Å². The SMILES string of the molecule is N#Cc1c(N)nc2sc(C(=O)Nc3c[n+](N4CCOCC4)no3)c(N)c2c1-c1cccc2[nH]ccc12. The van der Waals surface area contributed by atoms with Gasteiger partial charge in [-0.3, -0.25) is 14.6 Å². The van der Waals surface area contributed by atoms with Crippen LogP contribution in [0.4, 0.5) is 17.4 Å². The summed E-state index contributed by atoms with van der Waals surface area (Å²) in [7, 11) is 0. The molecule has 0 spiro atoms. The number of nitriles is 1. The Bertz CT molecular complexity index is 1670. The van der Waals surface area contributed by atoms with E-state index >= 15 is 0 Å². The molecule has 1 aliphatic rings. The molecule has 1 fully saturated rings. The van der Waals surface area contributed by atoms with Gasteiger partial charge in [0.05, 0.1) is 36.8 Å². The second-order valence-electron chi connectivity index (χ2n) is 8.14. The smallest absolute Gasteiger partial charge is 0.306 e. The first-order valence-corrected chi connectivity index (χ1v) is 11.9. The molecule has 180 valence electrons. The summed E-state index contributed by atoms with van der Waals surface area (Å²) in [5.41, 5.74) is 15.3. The lowest BCUT2D eigenvalue weighted by atomic mass is 9.94. The predicted octanol–water partition coefficient (Wildman–Crippen LogP) is 1.98. The Hall–Kier alpha value is -4.67. The summed E-state index contributed by atoms with van der Waals surface area (Å²) in [4.78, 5) is 23.0. The number of nitrogens with two attached hydrogens (primary N) is 2. The van der Waals surface area contributed by atoms with E-state index < -0.39 is 5.91 Å². The standard InChI is InChI=1S/C23H19N9O3S/c24-10-14-17(13-2-1-3-15-12(13)4-5-27-15)18-19(25)20(36-23(18)29-21(14)26)22(33)28-16-11-32(30-35-16)31-6-8-34-9-7-31/h1-5,11H,6-9H2,(H5-,25,26,27,28,29,30,33)/p+1. The minimum Gasteiger partial charge on any atom is -0.397 e. The van der Waals surface area contributed by atoms with E-state index in [4.69, 9.17) is 20.7 Å². The Labute approximate surface area is 207 Å². The number of aromatic amines is 1. The number of amides is 1. The molecular weight excluding hydrogens is 482 g/mol. The van der Waals surface area contributed by atoms with Gasteiger partial charge in [-0.15, -0.1) is 16.3 Å². The third-order valence-corrected chi connectivity index (χ3v) is 7.15. The van der Waals surface area contributed by atoms with Crippen LogP contribution >= 0.6 is 11.3 Å². The minimum absolute atomic E-state index is 0.0718. The topological polar surface area (TPSA) is 176 Å². The number of aromatic nitrogens is 4. The lowest BCUT2D eigenvalue weighted by molar-refractivity contribution is -0.759. The summed E-state index contributed by atoms with van der Waals surface area (Å²) >= 11 is 1.09. The third-order valence-electron chi connectivity index (χ3n) is 6.06. The van der Waals surface area contributed by atoms with Crippen molar-refractivity contribution in [1.29, 1.82) is 5.26 Å². The van der Waals surface area contributed by atoms with Crippen molar-refractivity contribution in [3.63, 3.8) is 0 Å². The van der Waals surface area contributed by atoms with Crippen molar-refractivity contribution in [1.82, 2.24) is 15.2 Å². The number of carbonyl (C=O) groups excluding carboxylic acids is 1. The number of thiophene rings is 1. The molecule has 1 saturated heterocycles. The molecule has 6 N–H and O–H groups in total. The van der Waals surface area contributed by atoms with Crippen LogP contribution in [0, 0.1) is 11.3 Å². The Morgan fingerprint density at radius 3 is 2.92 bits per heavy atom. The summed E-state index contributed by atoms with van der Waals surface area (Å²) in [5.74, 6) is -0.253. The van der Waals surface area contributed by atoms with Crippen LogP contribution in [-0.2, 0) is 4.74 Å². The molecule has 5 heterocycles. The summed E-state index contributed by atoms with van der Waals surface area (Å²) in [6.45, 7) is 2.47. The first kappa shape index (κ1) is 21.8. The fraction of sp³-hybridized carbons (Fsp3) is 0.174. The summed E-state index contributed by atoms with van der Waals surface area (Å²) in [6.07, 6.45) is 3.40. The van der Waals surface area contributed by atoms with Crippen molar-refractivity contribution in [2.24, 2.45) is 0 Å². The van der Waals surface area contributed by atoms with Crippen molar-refractivity contribution in [2.75, 3.05) is 48.1 Å². The fourth-order valence-electron chi connectivity index (χ4n) is 4.38. The zero-order chi connectivity index (χ0) is 24.8. The van der Waals surface area contributed by atoms with Crippen molar-refractivity contribution in [3.8, 4) is 17.2 Å². The molecule has 0 radical (unpaired) electrons. The van der Waals surface area contributed by atoms with Gasteiger partial charge in [-0.1, -0.05) is 12.1 Å². The largest absolute Gasteiger partial charge is 0.397 e. The quantitative estimate of drug-likeness (QED) is 0.268. The summed E-state index contributed by atoms with van der Waals surface area (Å²) in [6, 6.07) is 9.78. The van der Waals surface area contributed by atoms with E-state index in [0.29, 0.717) is 42.1 Å². The molecular formula is C23H20N9O3S+. The Morgan fingerprint density at radius 2 is 2.11 bits per heavy atom. The number of hydrogen-bond donors (Lipinski definition) is 4. The minimum atomic E-state index is -0.483. The molecule has 1 amide bonds. The van der Waals surface area contributed by atoms with Crippen LogP contribution in [0.5, 0.6) is 0 Å². The van der Waals surface area contributed by atoms with E-state index in [2.05, 4.69) is 26.6 Å². The van der Waals surface area contributed by atoms with Gasteiger partial charge in [0.1, 0.15) is 27.2 Å². The van der Waals surface area contributed by atoms with Crippen LogP contribution in [0.2, 0.25) is 0 Å². The second-order valence-corrected chi connectivity index (χ2v) is 9.13. The number of carbonyl (C=O) groups is 1. The average molecular weight is 503 g/mol. The summed E-state index contributed by atoms with van der Waals surface area (Å²) < 4.78 is 10.6. The van der Waals surface area contributed by atoms with Crippen LogP contribution in [0.1, 0.15) is 15.2 Å². The normalized spacial score (nSPS) is 13.8. The molecule has 1 aromatic carbocycles. The number of nitrogens with one attached hydrogen (secondary N) is 2. The lowest BCUT2D eigenvalue weighted by Gasteiger charge is -2.18. The van der Waals surface area contributed by atoms with Gasteiger partial charge >= 0.3 is 5.88 Å². The number of pyridine rings is 1. The van der Waals surface area contributed by atoms with Crippen molar-refractivity contribution >= 4 is 55.8 Å². The average Bonchev–Trinajstić information content (AvgIpc) is 3.63. The number of benzene rings is 1. The Balaban J connectivity index is 1.42. The molecule has 0 atom stereocenters. The van der Waals surface area contributed by atoms with Gasteiger partial charge in [-0.25, -0.2) is 4.98 Å². The molecule has 4 aromatic heterocycles. The number of anilines is 3. The fourth-order valence-corrected chi connectivity index (χ4v) is 5.39. The first-order valence-electron chi connectivity index (χ1n) is 11.1. The zero-order valence-corrected chi connectivity index (χ0v) is 19.6. The number of rotatable bonds is 4. The maximum absolute atomic E-state index is 13.2. The van der Waals surface area contributed by atoms with E-state index in [1.807, 2.05) is 35.5 Å². The maximum Gasteiger partial charge on any atom is 0.306 e. The first-order chi connectivity index (χ1) is 17.5. The van der Waals surface area contributed by atoms with E-state index in [1.54, 1.807) is 6.20 Å². The molecule has 1 aliphatic heterocycles. The van der Waals surface area contributed by atoms with Gasteiger partial charge < -0.3 is 21.2 Å². The number of morpholine rings is 1. The van der Waals surface area contributed by atoms with Gasteiger partial charge in [0.25, 0.3) is 12.1 Å². The molecule has 0 unspecified atom stereocenters. The highest BCUT2D eigenvalue weighted by Gasteiger charge is 2.28. The number of nitrogens with zero attached hydrogens (tertiary/aromatic N) is 5. The van der Waals surface area contributed by atoms with Crippen LogP contribution in [0.3, 0.4) is 0 Å². The molecule has 0 saturated carbocycles. The lowest BCUT2D eigenvalue weighted by Crippen LogP contribution is -2.62. The zero-order valence-electron chi connectivity index (χ0n) is 18.8. The van der Waals surface area contributed by atoms with Gasteiger partial charge in [0, 0.05) is 28.0 Å². The third kappa shape index (κ3) is 3.47. The van der Waals surface area contributed by atoms with Crippen molar-refractivity contribution in [2.45, 2.75) is 0 Å². The van der Waals surface area contributed by atoms with Gasteiger partial charge in [-0.2, -0.15) is 5.26 Å². The highest BCUT2D eigenvalue weighted by Crippen LogP contribution is 2.44. The van der Waals surface area contributed by atoms with E-state index in [0.717, 1.165) is 27.8 Å². The summed E-state index contributed by atoms with van der Waals surface area (Å²) in [5, 5.41) is 19.9. The Morgan fingerprint density at radius 1 is 1.28 bits per heavy atom. The molecule has 0 aliphatic carbocycles. The number of fused-ring (bicyclic) bond motifs is 2. The number of ether oxygens (including phenoxy) is 1. The van der Waals surface area contributed by atoms with Crippen LogP contribution < -0.4 is 26.6 Å².